The van der Waals surface area contributed by atoms with Crippen molar-refractivity contribution in [3.8, 4) is 0 Å². The lowest BCUT2D eigenvalue weighted by Crippen LogP contribution is -2.33. The van der Waals surface area contributed by atoms with Gasteiger partial charge in [-0.25, -0.2) is 4.98 Å². The van der Waals surface area contributed by atoms with Gasteiger partial charge in [-0.05, 0) is 25.2 Å². The molecule has 2 rings (SSSR count). The molecule has 0 bridgehead atoms. The Morgan fingerprint density at radius 3 is 2.50 bits per heavy atom. The van der Waals surface area contributed by atoms with Crippen molar-refractivity contribution in [1.29, 1.82) is 0 Å². The Labute approximate surface area is 102 Å². The number of fused-ring (bicyclic) bond motifs is 1. The smallest absolute Gasteiger partial charge is 0.110 e. The van der Waals surface area contributed by atoms with E-state index < -0.39 is 0 Å². The first-order chi connectivity index (χ1) is 7.21. The molecule has 2 N–H and O–H groups in total. The summed E-state index contributed by atoms with van der Waals surface area (Å²) < 4.78 is 0. The fourth-order valence-electron chi connectivity index (χ4n) is 3.01. The van der Waals surface area contributed by atoms with Crippen LogP contribution in [-0.2, 0) is 11.8 Å². The Balaban J connectivity index is 2.48. The predicted octanol–water partition coefficient (Wildman–Crippen LogP) is 3.41. The molecule has 2 nitrogen and oxygen atoms in total. The molecular formula is C13H22N2S. The van der Waals surface area contributed by atoms with E-state index in [1.165, 1.54) is 17.0 Å². The largest absolute Gasteiger partial charge is 0.322 e. The molecule has 0 radical (unpaired) electrons. The Bertz CT molecular complexity index is 402. The van der Waals surface area contributed by atoms with Crippen LogP contribution in [0, 0.1) is 5.41 Å². The highest BCUT2D eigenvalue weighted by Gasteiger charge is 2.40. The first kappa shape index (κ1) is 12.1. The Hall–Kier alpha value is -0.410. The first-order valence-electron chi connectivity index (χ1n) is 5.97. The standard InChI is InChI=1S/C13H22N2S/c1-8(14)11-15-9-6-12(2,3)7-13(4,5)10(9)16-11/h8H,6-7,14H2,1-5H3. The van der Waals surface area contributed by atoms with E-state index >= 15 is 0 Å². The third kappa shape index (κ3) is 2.03. The lowest BCUT2D eigenvalue weighted by atomic mass is 9.67. The molecule has 0 fully saturated rings. The zero-order valence-electron chi connectivity index (χ0n) is 10.9. The number of hydrogen-bond donors (Lipinski definition) is 1. The van der Waals surface area contributed by atoms with Crippen molar-refractivity contribution in [1.82, 2.24) is 4.98 Å². The Morgan fingerprint density at radius 2 is 1.94 bits per heavy atom. The maximum absolute atomic E-state index is 5.93. The predicted molar refractivity (Wildman–Crippen MR) is 69.8 cm³/mol. The molecule has 1 heterocycles. The van der Waals surface area contributed by atoms with E-state index in [2.05, 4.69) is 27.7 Å². The van der Waals surface area contributed by atoms with E-state index in [9.17, 15) is 0 Å². The number of nitrogens with zero attached hydrogens (tertiary/aromatic N) is 1. The van der Waals surface area contributed by atoms with Gasteiger partial charge in [0, 0.05) is 10.3 Å². The van der Waals surface area contributed by atoms with Gasteiger partial charge in [0.15, 0.2) is 0 Å². The van der Waals surface area contributed by atoms with Gasteiger partial charge in [-0.1, -0.05) is 27.7 Å². The molecule has 0 saturated heterocycles. The summed E-state index contributed by atoms with van der Waals surface area (Å²) in [6.45, 7) is 11.3. The van der Waals surface area contributed by atoms with Crippen LogP contribution >= 0.6 is 11.3 Å². The molecule has 90 valence electrons. The van der Waals surface area contributed by atoms with Crippen molar-refractivity contribution >= 4 is 11.3 Å². The van der Waals surface area contributed by atoms with E-state index in [0.29, 0.717) is 5.41 Å². The zero-order valence-corrected chi connectivity index (χ0v) is 11.7. The molecule has 3 heteroatoms. The second-order valence-electron chi connectivity index (χ2n) is 6.52. The number of hydrogen-bond acceptors (Lipinski definition) is 3. The van der Waals surface area contributed by atoms with Crippen molar-refractivity contribution in [2.24, 2.45) is 11.1 Å². The fraction of sp³-hybridized carbons (Fsp3) is 0.769. The molecule has 0 saturated carbocycles. The van der Waals surface area contributed by atoms with Crippen LogP contribution in [0.1, 0.15) is 62.7 Å². The lowest BCUT2D eigenvalue weighted by molar-refractivity contribution is 0.232. The maximum atomic E-state index is 5.93. The molecule has 1 aromatic rings. The van der Waals surface area contributed by atoms with Crippen molar-refractivity contribution in [2.75, 3.05) is 0 Å². The molecular weight excluding hydrogens is 216 g/mol. The highest BCUT2D eigenvalue weighted by atomic mass is 32.1. The quantitative estimate of drug-likeness (QED) is 0.814. The van der Waals surface area contributed by atoms with Crippen LogP contribution in [-0.4, -0.2) is 4.98 Å². The molecule has 1 aliphatic carbocycles. The summed E-state index contributed by atoms with van der Waals surface area (Å²) in [5.74, 6) is 0. The number of nitrogens with two attached hydrogens (primary N) is 1. The summed E-state index contributed by atoms with van der Waals surface area (Å²) in [5, 5.41) is 1.09. The van der Waals surface area contributed by atoms with E-state index in [-0.39, 0.29) is 11.5 Å². The van der Waals surface area contributed by atoms with Crippen molar-refractivity contribution in [3.05, 3.63) is 15.6 Å². The fourth-order valence-corrected chi connectivity index (χ4v) is 4.14. The van der Waals surface area contributed by atoms with Crippen LogP contribution in [0.15, 0.2) is 0 Å². The van der Waals surface area contributed by atoms with Gasteiger partial charge >= 0.3 is 0 Å². The summed E-state index contributed by atoms with van der Waals surface area (Å²) >= 11 is 1.81. The molecule has 1 atom stereocenters. The summed E-state index contributed by atoms with van der Waals surface area (Å²) in [5.41, 5.74) is 7.83. The average Bonchev–Trinajstić information content (AvgIpc) is 2.44. The molecule has 0 aliphatic heterocycles. The zero-order chi connectivity index (χ0) is 12.1. The molecule has 0 aromatic carbocycles. The molecule has 1 aromatic heterocycles. The molecule has 0 amide bonds. The summed E-state index contributed by atoms with van der Waals surface area (Å²) in [4.78, 5) is 6.19. The Kier molecular flexibility index (Phi) is 2.67. The van der Waals surface area contributed by atoms with Crippen LogP contribution in [0.3, 0.4) is 0 Å². The molecule has 0 spiro atoms. The topological polar surface area (TPSA) is 38.9 Å². The van der Waals surface area contributed by atoms with Gasteiger partial charge in [-0.15, -0.1) is 11.3 Å². The van der Waals surface area contributed by atoms with Crippen LogP contribution in [0.5, 0.6) is 0 Å². The first-order valence-corrected chi connectivity index (χ1v) is 6.79. The molecule has 16 heavy (non-hydrogen) atoms. The Morgan fingerprint density at radius 1 is 1.31 bits per heavy atom. The van der Waals surface area contributed by atoms with Gasteiger partial charge < -0.3 is 5.73 Å². The van der Waals surface area contributed by atoms with Crippen molar-refractivity contribution in [2.45, 2.75) is 58.9 Å². The minimum atomic E-state index is 0.0644. The van der Waals surface area contributed by atoms with Gasteiger partial charge in [-0.3, -0.25) is 0 Å². The second-order valence-corrected chi connectivity index (χ2v) is 7.55. The summed E-state index contributed by atoms with van der Waals surface area (Å²) in [6.07, 6.45) is 2.32. The van der Waals surface area contributed by atoms with Crippen LogP contribution in [0.25, 0.3) is 0 Å². The second kappa shape index (κ2) is 3.54. The molecule has 1 aliphatic rings. The SMILES string of the molecule is CC(N)c1nc2c(s1)C(C)(C)CC(C)(C)C2. The van der Waals surface area contributed by atoms with Crippen molar-refractivity contribution in [3.63, 3.8) is 0 Å². The minimum Gasteiger partial charge on any atom is -0.322 e. The molecule has 1 unspecified atom stereocenters. The van der Waals surface area contributed by atoms with E-state index in [1.54, 1.807) is 0 Å². The third-order valence-electron chi connectivity index (χ3n) is 3.28. The van der Waals surface area contributed by atoms with Crippen molar-refractivity contribution < 1.29 is 0 Å². The maximum Gasteiger partial charge on any atom is 0.110 e. The third-order valence-corrected chi connectivity index (χ3v) is 4.95. The summed E-state index contributed by atoms with van der Waals surface area (Å²) in [6, 6.07) is 0.0644. The number of aromatic nitrogens is 1. The summed E-state index contributed by atoms with van der Waals surface area (Å²) in [7, 11) is 0. The normalized spacial score (nSPS) is 23.9. The highest BCUT2D eigenvalue weighted by molar-refractivity contribution is 7.12. The van der Waals surface area contributed by atoms with E-state index in [4.69, 9.17) is 10.7 Å². The lowest BCUT2D eigenvalue weighted by Gasteiger charge is -2.39. The van der Waals surface area contributed by atoms with Crippen LogP contribution < -0.4 is 5.73 Å². The number of rotatable bonds is 1. The van der Waals surface area contributed by atoms with Gasteiger partial charge in [0.05, 0.1) is 11.7 Å². The highest BCUT2D eigenvalue weighted by Crippen LogP contribution is 2.48. The van der Waals surface area contributed by atoms with E-state index in [0.717, 1.165) is 11.4 Å². The van der Waals surface area contributed by atoms with Gasteiger partial charge in [-0.2, -0.15) is 0 Å². The van der Waals surface area contributed by atoms with Crippen LogP contribution in [0.4, 0.5) is 0 Å². The minimum absolute atomic E-state index is 0.0644. The van der Waals surface area contributed by atoms with Crippen LogP contribution in [0.2, 0.25) is 0 Å². The van der Waals surface area contributed by atoms with E-state index in [1.807, 2.05) is 18.3 Å². The number of thiazole rings is 1. The monoisotopic (exact) mass is 238 g/mol. The van der Waals surface area contributed by atoms with Gasteiger partial charge in [0.2, 0.25) is 0 Å². The van der Waals surface area contributed by atoms with Gasteiger partial charge in [0.1, 0.15) is 5.01 Å². The average molecular weight is 238 g/mol. The van der Waals surface area contributed by atoms with Gasteiger partial charge in [0.25, 0.3) is 0 Å².